The van der Waals surface area contributed by atoms with Crippen molar-refractivity contribution in [2.75, 3.05) is 26.4 Å². The molecule has 0 unspecified atom stereocenters. The number of ether oxygens (including phenoxy) is 1. The molecule has 0 aliphatic carbocycles. The number of methoxy groups -OCH3 is 1. The van der Waals surface area contributed by atoms with Gasteiger partial charge in [-0.15, -0.1) is 0 Å². The van der Waals surface area contributed by atoms with Gasteiger partial charge in [-0.1, -0.05) is 0 Å². The Bertz CT molecular complexity index is 345. The minimum absolute atomic E-state index is 0.253. The summed E-state index contributed by atoms with van der Waals surface area (Å²) in [4.78, 5) is 1.54. The number of anilines is 1. The lowest BCUT2D eigenvalue weighted by Gasteiger charge is -2.16. The van der Waals surface area contributed by atoms with Crippen LogP contribution in [0.4, 0.5) is 14.5 Å². The van der Waals surface area contributed by atoms with Gasteiger partial charge in [0, 0.05) is 18.3 Å². The van der Waals surface area contributed by atoms with Gasteiger partial charge >= 0.3 is 0 Å². The molecule has 1 rings (SSSR count). The molecule has 0 radical (unpaired) electrons. The van der Waals surface area contributed by atoms with Crippen molar-refractivity contribution in [2.24, 2.45) is 0 Å². The fourth-order valence-corrected chi connectivity index (χ4v) is 1.51. The number of nitrogens with zero attached hydrogens (tertiary/aromatic N) is 1. The first kappa shape index (κ1) is 12.7. The summed E-state index contributed by atoms with van der Waals surface area (Å²) in [7, 11) is 3.18. The Morgan fingerprint density at radius 2 is 2.06 bits per heavy atom. The topological polar surface area (TPSA) is 38.5 Å². The molecule has 0 saturated heterocycles. The van der Waals surface area contributed by atoms with Crippen molar-refractivity contribution in [3.8, 4) is 5.75 Å². The minimum atomic E-state index is -2.33. The quantitative estimate of drug-likeness (QED) is 0.786. The second kappa shape index (κ2) is 5.65. The number of benzene rings is 1. The Balaban J connectivity index is 2.69. The zero-order chi connectivity index (χ0) is 12.1. The smallest absolute Gasteiger partial charge is 0.251 e. The van der Waals surface area contributed by atoms with Gasteiger partial charge in [-0.2, -0.15) is 0 Å². The predicted molar refractivity (Wildman–Crippen MR) is 59.7 cm³/mol. The van der Waals surface area contributed by atoms with Gasteiger partial charge in [0.25, 0.3) is 6.43 Å². The van der Waals surface area contributed by atoms with Crippen LogP contribution in [0.25, 0.3) is 0 Å². The maximum absolute atomic E-state index is 12.1. The molecule has 0 fully saturated rings. The van der Waals surface area contributed by atoms with Gasteiger partial charge in [0.15, 0.2) is 0 Å². The maximum Gasteiger partial charge on any atom is 0.251 e. The number of nitrogen functional groups attached to an aromatic ring is 1. The molecule has 1 aromatic carbocycles. The van der Waals surface area contributed by atoms with Crippen LogP contribution in [0.1, 0.15) is 5.56 Å². The fourth-order valence-electron chi connectivity index (χ4n) is 1.51. The third kappa shape index (κ3) is 4.02. The van der Waals surface area contributed by atoms with E-state index in [0.29, 0.717) is 18.0 Å². The van der Waals surface area contributed by atoms with Crippen LogP contribution in [-0.4, -0.2) is 32.0 Å². The number of halogens is 2. The van der Waals surface area contributed by atoms with Crippen LogP contribution < -0.4 is 10.5 Å². The lowest BCUT2D eigenvalue weighted by atomic mass is 10.2. The lowest BCUT2D eigenvalue weighted by Crippen LogP contribution is -2.24. The Hall–Kier alpha value is -1.36. The van der Waals surface area contributed by atoms with Crippen LogP contribution in [0.15, 0.2) is 18.2 Å². The standard InChI is InChI=1S/C11H16F2N2O/c1-15(7-11(12)13)6-8-3-9(14)5-10(4-8)16-2/h3-5,11H,6-7,14H2,1-2H3. The lowest BCUT2D eigenvalue weighted by molar-refractivity contribution is 0.0975. The van der Waals surface area contributed by atoms with Crippen molar-refractivity contribution < 1.29 is 13.5 Å². The van der Waals surface area contributed by atoms with Crippen molar-refractivity contribution in [1.29, 1.82) is 0 Å². The summed E-state index contributed by atoms with van der Waals surface area (Å²) < 4.78 is 29.3. The van der Waals surface area contributed by atoms with Gasteiger partial charge in [-0.25, -0.2) is 8.78 Å². The van der Waals surface area contributed by atoms with Crippen molar-refractivity contribution in [3.05, 3.63) is 23.8 Å². The molecule has 0 aliphatic rings. The number of alkyl halides is 2. The summed E-state index contributed by atoms with van der Waals surface area (Å²) in [6.45, 7) is 0.169. The van der Waals surface area contributed by atoms with Crippen molar-refractivity contribution in [2.45, 2.75) is 13.0 Å². The Kier molecular flexibility index (Phi) is 4.49. The Morgan fingerprint density at radius 3 is 2.62 bits per heavy atom. The largest absolute Gasteiger partial charge is 0.497 e. The summed E-state index contributed by atoms with van der Waals surface area (Å²) in [5.74, 6) is 0.639. The van der Waals surface area contributed by atoms with Gasteiger partial charge < -0.3 is 10.5 Å². The zero-order valence-electron chi connectivity index (χ0n) is 9.41. The molecule has 0 aromatic heterocycles. The van der Waals surface area contributed by atoms with Crippen LogP contribution in [0.3, 0.4) is 0 Å². The first-order valence-corrected chi connectivity index (χ1v) is 4.91. The molecule has 0 heterocycles. The molecule has 16 heavy (non-hydrogen) atoms. The molecule has 0 bridgehead atoms. The van der Waals surface area contributed by atoms with Gasteiger partial charge in [0.05, 0.1) is 13.7 Å². The molecular formula is C11H16F2N2O. The average Bonchev–Trinajstić information content (AvgIpc) is 2.14. The molecule has 3 nitrogen and oxygen atoms in total. The molecule has 0 aliphatic heterocycles. The first-order chi connectivity index (χ1) is 7.51. The molecule has 0 atom stereocenters. The number of hydrogen-bond acceptors (Lipinski definition) is 3. The average molecular weight is 230 g/mol. The van der Waals surface area contributed by atoms with Crippen molar-refractivity contribution in [1.82, 2.24) is 4.90 Å². The SMILES string of the molecule is COc1cc(N)cc(CN(C)CC(F)F)c1. The van der Waals surface area contributed by atoms with Crippen LogP contribution in [0.5, 0.6) is 5.75 Å². The predicted octanol–water partition coefficient (Wildman–Crippen LogP) is 1.97. The minimum Gasteiger partial charge on any atom is -0.497 e. The highest BCUT2D eigenvalue weighted by Gasteiger charge is 2.09. The van der Waals surface area contributed by atoms with Gasteiger partial charge in [0.2, 0.25) is 0 Å². The monoisotopic (exact) mass is 230 g/mol. The molecular weight excluding hydrogens is 214 g/mol. The van der Waals surface area contributed by atoms with E-state index in [2.05, 4.69) is 0 Å². The van der Waals surface area contributed by atoms with E-state index < -0.39 is 6.43 Å². The summed E-state index contributed by atoms with van der Waals surface area (Å²) >= 11 is 0. The van der Waals surface area contributed by atoms with E-state index in [1.807, 2.05) is 0 Å². The van der Waals surface area contributed by atoms with E-state index in [9.17, 15) is 8.78 Å². The molecule has 2 N–H and O–H groups in total. The Morgan fingerprint density at radius 1 is 1.38 bits per heavy atom. The van der Waals surface area contributed by atoms with E-state index in [0.717, 1.165) is 5.56 Å². The van der Waals surface area contributed by atoms with E-state index >= 15 is 0 Å². The highest BCUT2D eigenvalue weighted by atomic mass is 19.3. The van der Waals surface area contributed by atoms with Crippen molar-refractivity contribution >= 4 is 5.69 Å². The highest BCUT2D eigenvalue weighted by Crippen LogP contribution is 2.19. The van der Waals surface area contributed by atoms with E-state index in [1.165, 1.54) is 0 Å². The molecule has 0 saturated carbocycles. The van der Waals surface area contributed by atoms with Gasteiger partial charge in [-0.05, 0) is 24.7 Å². The fraction of sp³-hybridized carbons (Fsp3) is 0.455. The van der Waals surface area contributed by atoms with Crippen LogP contribution in [0.2, 0.25) is 0 Å². The van der Waals surface area contributed by atoms with E-state index in [1.54, 1.807) is 37.3 Å². The molecule has 0 spiro atoms. The van der Waals surface area contributed by atoms with Crippen molar-refractivity contribution in [3.63, 3.8) is 0 Å². The third-order valence-electron chi connectivity index (χ3n) is 2.13. The second-order valence-electron chi connectivity index (χ2n) is 3.70. The molecule has 90 valence electrons. The summed E-state index contributed by atoms with van der Waals surface area (Å²) in [6.07, 6.45) is -2.33. The number of nitrogens with two attached hydrogens (primary N) is 1. The van der Waals surface area contributed by atoms with Gasteiger partial charge in [0.1, 0.15) is 5.75 Å². The maximum atomic E-state index is 12.1. The molecule has 0 amide bonds. The molecule has 5 heteroatoms. The normalized spacial score (nSPS) is 11.1. The second-order valence-corrected chi connectivity index (χ2v) is 3.70. The summed E-state index contributed by atoms with van der Waals surface area (Å²) in [6, 6.07) is 5.24. The van der Waals surface area contributed by atoms with Crippen LogP contribution in [-0.2, 0) is 6.54 Å². The zero-order valence-corrected chi connectivity index (χ0v) is 9.41. The first-order valence-electron chi connectivity index (χ1n) is 4.91. The third-order valence-corrected chi connectivity index (χ3v) is 2.13. The van der Waals surface area contributed by atoms with Crippen LogP contribution >= 0.6 is 0 Å². The summed E-state index contributed by atoms with van der Waals surface area (Å²) in [5, 5.41) is 0. The Labute approximate surface area is 93.8 Å². The van der Waals surface area contributed by atoms with Crippen LogP contribution in [0, 0.1) is 0 Å². The summed E-state index contributed by atoms with van der Waals surface area (Å²) in [5.41, 5.74) is 7.10. The van der Waals surface area contributed by atoms with Gasteiger partial charge in [-0.3, -0.25) is 4.90 Å². The highest BCUT2D eigenvalue weighted by molar-refractivity contribution is 5.47. The molecule has 1 aromatic rings. The number of hydrogen-bond donors (Lipinski definition) is 1. The number of rotatable bonds is 5. The van der Waals surface area contributed by atoms with E-state index in [4.69, 9.17) is 10.5 Å². The van der Waals surface area contributed by atoms with E-state index in [-0.39, 0.29) is 6.54 Å².